The van der Waals surface area contributed by atoms with Crippen LogP contribution in [0.15, 0.2) is 72.8 Å². The van der Waals surface area contributed by atoms with Crippen molar-refractivity contribution < 1.29 is 45.7 Å². The number of hydrogen-bond acceptors (Lipinski definition) is 5. The van der Waals surface area contributed by atoms with E-state index in [4.69, 9.17) is 4.74 Å². The first-order valence-electron chi connectivity index (χ1n) is 12.7. The van der Waals surface area contributed by atoms with Crippen LogP contribution in [0.4, 0.5) is 26.3 Å². The Morgan fingerprint density at radius 3 is 1.52 bits per heavy atom. The second-order valence-electron chi connectivity index (χ2n) is 9.54. The lowest BCUT2D eigenvalue weighted by Crippen LogP contribution is -2.44. The van der Waals surface area contributed by atoms with E-state index < -0.39 is 29.8 Å². The van der Waals surface area contributed by atoms with Crippen molar-refractivity contribution in [2.75, 3.05) is 19.7 Å². The number of alkyl halides is 6. The Morgan fingerprint density at radius 1 is 0.700 bits per heavy atom. The molecule has 3 aromatic carbocycles. The minimum atomic E-state index is -4.87. The van der Waals surface area contributed by atoms with Crippen molar-refractivity contribution in [1.29, 1.82) is 0 Å². The van der Waals surface area contributed by atoms with Gasteiger partial charge in [0.25, 0.3) is 0 Å². The molecule has 0 saturated carbocycles. The number of piperidine rings is 1. The standard InChI is InChI=1S/C29H29F6NO4/c1-2-38-24-9-3-20(4-10-24)19-36-17-15-23(16-18-36)27(37,21-5-11-25(12-6-21)39-28(30,31)32)22-7-13-26(14-8-22)40-29(33,34)35/h3-14,23,37H,2,15-19H2,1H3. The van der Waals surface area contributed by atoms with Crippen LogP contribution in [0.5, 0.6) is 17.2 Å². The fourth-order valence-electron chi connectivity index (χ4n) is 5.08. The molecule has 4 rings (SSSR count). The molecule has 11 heteroatoms. The van der Waals surface area contributed by atoms with Crippen LogP contribution in [0.2, 0.25) is 0 Å². The third-order valence-corrected chi connectivity index (χ3v) is 6.87. The highest BCUT2D eigenvalue weighted by molar-refractivity contribution is 5.42. The van der Waals surface area contributed by atoms with Gasteiger partial charge in [-0.1, -0.05) is 36.4 Å². The van der Waals surface area contributed by atoms with Crippen LogP contribution >= 0.6 is 0 Å². The Balaban J connectivity index is 1.55. The van der Waals surface area contributed by atoms with Crippen LogP contribution in [0.1, 0.15) is 36.5 Å². The predicted octanol–water partition coefficient (Wildman–Crippen LogP) is 7.03. The minimum absolute atomic E-state index is 0.302. The number of likely N-dealkylation sites (tertiary alicyclic amines) is 1. The van der Waals surface area contributed by atoms with E-state index in [-0.39, 0.29) is 5.92 Å². The molecule has 216 valence electrons. The highest BCUT2D eigenvalue weighted by atomic mass is 19.4. The average Bonchev–Trinajstić information content (AvgIpc) is 2.89. The zero-order chi connectivity index (χ0) is 29.0. The van der Waals surface area contributed by atoms with E-state index in [1.165, 1.54) is 24.3 Å². The summed E-state index contributed by atoms with van der Waals surface area (Å²) < 4.78 is 89.3. The summed E-state index contributed by atoms with van der Waals surface area (Å²) in [5, 5.41) is 12.1. The molecule has 1 fully saturated rings. The Labute approximate surface area is 227 Å². The Morgan fingerprint density at radius 2 is 1.12 bits per heavy atom. The lowest BCUT2D eigenvalue weighted by Gasteiger charge is -2.42. The maximum atomic E-state index is 12.7. The zero-order valence-electron chi connectivity index (χ0n) is 21.6. The lowest BCUT2D eigenvalue weighted by molar-refractivity contribution is -0.275. The van der Waals surface area contributed by atoms with Crippen molar-refractivity contribution in [1.82, 2.24) is 4.90 Å². The van der Waals surface area contributed by atoms with Gasteiger partial charge in [0.15, 0.2) is 0 Å². The molecular formula is C29H29F6NO4. The first kappa shape index (κ1) is 29.5. The van der Waals surface area contributed by atoms with E-state index in [9.17, 15) is 31.4 Å². The van der Waals surface area contributed by atoms with Gasteiger partial charge in [0, 0.05) is 6.54 Å². The molecule has 0 unspecified atom stereocenters. The average molecular weight is 570 g/mol. The number of rotatable bonds is 9. The molecule has 0 spiro atoms. The van der Waals surface area contributed by atoms with Crippen LogP contribution in [-0.2, 0) is 12.1 Å². The van der Waals surface area contributed by atoms with Crippen LogP contribution in [-0.4, -0.2) is 42.4 Å². The van der Waals surface area contributed by atoms with Crippen molar-refractivity contribution in [2.45, 2.75) is 44.6 Å². The number of hydrogen-bond donors (Lipinski definition) is 1. The summed E-state index contributed by atoms with van der Waals surface area (Å²) in [6, 6.07) is 17.6. The third kappa shape index (κ3) is 7.60. The summed E-state index contributed by atoms with van der Waals surface area (Å²) in [4.78, 5) is 2.23. The van der Waals surface area contributed by atoms with E-state index in [1.54, 1.807) is 0 Å². The molecule has 0 radical (unpaired) electrons. The van der Waals surface area contributed by atoms with E-state index in [1.807, 2.05) is 31.2 Å². The number of benzene rings is 3. The highest BCUT2D eigenvalue weighted by Gasteiger charge is 2.42. The second-order valence-corrected chi connectivity index (χ2v) is 9.54. The third-order valence-electron chi connectivity index (χ3n) is 6.87. The predicted molar refractivity (Wildman–Crippen MR) is 135 cm³/mol. The van der Waals surface area contributed by atoms with Gasteiger partial charge in [-0.15, -0.1) is 26.3 Å². The summed E-state index contributed by atoms with van der Waals surface area (Å²) in [6.45, 7) is 4.43. The van der Waals surface area contributed by atoms with Crippen molar-refractivity contribution in [3.05, 3.63) is 89.5 Å². The normalized spacial score (nSPS) is 15.6. The molecule has 1 aliphatic rings. The fraction of sp³-hybridized carbons (Fsp3) is 0.379. The Bertz CT molecular complexity index is 1160. The van der Waals surface area contributed by atoms with Gasteiger partial charge < -0.3 is 19.3 Å². The molecule has 0 bridgehead atoms. The zero-order valence-corrected chi connectivity index (χ0v) is 21.6. The van der Waals surface area contributed by atoms with Crippen molar-refractivity contribution >= 4 is 0 Å². The van der Waals surface area contributed by atoms with E-state index in [2.05, 4.69) is 14.4 Å². The van der Waals surface area contributed by atoms with Crippen molar-refractivity contribution in [3.8, 4) is 17.2 Å². The summed E-state index contributed by atoms with van der Waals surface area (Å²) in [5.74, 6) is -0.475. The summed E-state index contributed by atoms with van der Waals surface area (Å²) >= 11 is 0. The topological polar surface area (TPSA) is 51.2 Å². The molecule has 40 heavy (non-hydrogen) atoms. The van der Waals surface area contributed by atoms with Gasteiger partial charge in [-0.2, -0.15) is 0 Å². The molecule has 0 amide bonds. The van der Waals surface area contributed by atoms with Crippen LogP contribution in [0.25, 0.3) is 0 Å². The Kier molecular flexibility index (Phi) is 8.84. The molecule has 3 aromatic rings. The van der Waals surface area contributed by atoms with E-state index in [0.717, 1.165) is 35.6 Å². The van der Waals surface area contributed by atoms with Gasteiger partial charge >= 0.3 is 12.7 Å². The van der Waals surface area contributed by atoms with Gasteiger partial charge in [-0.3, -0.25) is 4.90 Å². The van der Waals surface area contributed by atoms with Gasteiger partial charge in [0.1, 0.15) is 22.8 Å². The molecule has 5 nitrogen and oxygen atoms in total. The van der Waals surface area contributed by atoms with Crippen molar-refractivity contribution in [2.24, 2.45) is 5.92 Å². The number of aliphatic hydroxyl groups is 1. The molecule has 1 N–H and O–H groups in total. The molecule has 1 heterocycles. The van der Waals surface area contributed by atoms with E-state index >= 15 is 0 Å². The molecule has 0 atom stereocenters. The molecular weight excluding hydrogens is 540 g/mol. The highest BCUT2D eigenvalue weighted by Crippen LogP contribution is 2.43. The SMILES string of the molecule is CCOc1ccc(CN2CCC(C(O)(c3ccc(OC(F)(F)F)cc3)c3ccc(OC(F)(F)F)cc3)CC2)cc1. The van der Waals surface area contributed by atoms with Gasteiger partial charge in [0.05, 0.1) is 6.61 Å². The van der Waals surface area contributed by atoms with E-state index in [0.29, 0.717) is 50.2 Å². The quantitative estimate of drug-likeness (QED) is 0.281. The first-order chi connectivity index (χ1) is 18.9. The van der Waals surface area contributed by atoms with Crippen LogP contribution in [0, 0.1) is 5.92 Å². The van der Waals surface area contributed by atoms with Crippen molar-refractivity contribution in [3.63, 3.8) is 0 Å². The van der Waals surface area contributed by atoms with Gasteiger partial charge in [-0.05, 0) is 91.9 Å². The monoisotopic (exact) mass is 569 g/mol. The fourth-order valence-corrected chi connectivity index (χ4v) is 5.08. The maximum absolute atomic E-state index is 12.7. The molecule has 1 saturated heterocycles. The maximum Gasteiger partial charge on any atom is 0.573 e. The van der Waals surface area contributed by atoms with Crippen LogP contribution in [0.3, 0.4) is 0 Å². The Hall–Kier alpha value is -3.44. The largest absolute Gasteiger partial charge is 0.573 e. The summed E-state index contributed by atoms with van der Waals surface area (Å²) in [7, 11) is 0. The number of nitrogens with zero attached hydrogens (tertiary/aromatic N) is 1. The molecule has 1 aliphatic heterocycles. The number of halogens is 6. The summed E-state index contributed by atoms with van der Waals surface area (Å²) in [5.41, 5.74) is 0.0179. The van der Waals surface area contributed by atoms with Crippen LogP contribution < -0.4 is 14.2 Å². The molecule has 0 aliphatic carbocycles. The number of ether oxygens (including phenoxy) is 3. The second kappa shape index (κ2) is 12.0. The molecule has 0 aromatic heterocycles. The smallest absolute Gasteiger partial charge is 0.494 e. The first-order valence-corrected chi connectivity index (χ1v) is 12.7. The van der Waals surface area contributed by atoms with Gasteiger partial charge in [-0.25, -0.2) is 0 Å². The lowest BCUT2D eigenvalue weighted by atomic mass is 9.72. The summed E-state index contributed by atoms with van der Waals surface area (Å²) in [6.07, 6.45) is -8.67. The van der Waals surface area contributed by atoms with Gasteiger partial charge in [0.2, 0.25) is 0 Å². The minimum Gasteiger partial charge on any atom is -0.494 e.